The fraction of sp³-hybridized carbons (Fsp3) is 0.235. The van der Waals surface area contributed by atoms with Crippen LogP contribution in [0.1, 0.15) is 22.3 Å². The third kappa shape index (κ3) is 3.58. The van der Waals surface area contributed by atoms with Gasteiger partial charge in [0.15, 0.2) is 0 Å². The number of rotatable bonds is 4. The summed E-state index contributed by atoms with van der Waals surface area (Å²) < 4.78 is 0. The Morgan fingerprint density at radius 1 is 1.05 bits per heavy atom. The minimum absolute atomic E-state index is 0.444. The minimum atomic E-state index is 0.444. The first-order valence-electron chi connectivity index (χ1n) is 6.64. The van der Waals surface area contributed by atoms with Gasteiger partial charge in [0.1, 0.15) is 4.99 Å². The summed E-state index contributed by atoms with van der Waals surface area (Å²) in [6.07, 6.45) is 0. The summed E-state index contributed by atoms with van der Waals surface area (Å²) in [5.41, 5.74) is 11.6. The molecule has 0 aromatic heterocycles. The Balaban J connectivity index is 2.14. The predicted octanol–water partition coefficient (Wildman–Crippen LogP) is 3.57. The zero-order valence-corrected chi connectivity index (χ0v) is 13.0. The van der Waals surface area contributed by atoms with E-state index in [1.165, 1.54) is 22.4 Å². The van der Waals surface area contributed by atoms with Gasteiger partial charge in [-0.15, -0.1) is 0 Å². The Bertz CT molecular complexity index is 597. The molecule has 2 nitrogen and oxygen atoms in total. The zero-order chi connectivity index (χ0) is 14.7. The highest BCUT2D eigenvalue weighted by Crippen LogP contribution is 2.19. The Morgan fingerprint density at radius 3 is 2.10 bits per heavy atom. The largest absolute Gasteiger partial charge is 0.389 e. The highest BCUT2D eigenvalue weighted by atomic mass is 32.1. The van der Waals surface area contributed by atoms with Crippen molar-refractivity contribution in [3.8, 4) is 0 Å². The van der Waals surface area contributed by atoms with Crippen LogP contribution in [0.25, 0.3) is 0 Å². The number of nitrogens with zero attached hydrogens (tertiary/aromatic N) is 1. The number of benzene rings is 2. The van der Waals surface area contributed by atoms with E-state index in [0.717, 1.165) is 12.1 Å². The lowest BCUT2D eigenvalue weighted by Gasteiger charge is -2.20. The van der Waals surface area contributed by atoms with E-state index in [1.54, 1.807) is 0 Å². The van der Waals surface area contributed by atoms with E-state index in [2.05, 4.69) is 56.1 Å². The van der Waals surface area contributed by atoms with Gasteiger partial charge >= 0.3 is 0 Å². The van der Waals surface area contributed by atoms with Gasteiger partial charge in [-0.2, -0.15) is 0 Å². The minimum Gasteiger partial charge on any atom is -0.389 e. The third-order valence-corrected chi connectivity index (χ3v) is 3.54. The molecule has 2 aromatic rings. The van der Waals surface area contributed by atoms with Crippen LogP contribution < -0.4 is 10.6 Å². The van der Waals surface area contributed by atoms with Crippen LogP contribution in [-0.4, -0.2) is 12.0 Å². The molecule has 0 radical (unpaired) electrons. The van der Waals surface area contributed by atoms with Crippen LogP contribution in [0.3, 0.4) is 0 Å². The monoisotopic (exact) mass is 284 g/mol. The van der Waals surface area contributed by atoms with Gasteiger partial charge in [-0.1, -0.05) is 42.5 Å². The molecule has 0 aliphatic heterocycles. The lowest BCUT2D eigenvalue weighted by molar-refractivity contribution is 0.921. The number of hydrogen-bond acceptors (Lipinski definition) is 2. The molecule has 0 aliphatic carbocycles. The molecule has 2 aromatic carbocycles. The fourth-order valence-electron chi connectivity index (χ4n) is 2.31. The van der Waals surface area contributed by atoms with Crippen molar-refractivity contribution in [3.63, 3.8) is 0 Å². The molecular formula is C17H20N2S. The zero-order valence-electron chi connectivity index (χ0n) is 12.2. The smallest absolute Gasteiger partial charge is 0.103 e. The van der Waals surface area contributed by atoms with E-state index in [0.29, 0.717) is 4.99 Å². The summed E-state index contributed by atoms with van der Waals surface area (Å²) in [5.74, 6) is 0. The number of thiocarbonyl (C=S) groups is 1. The average Bonchev–Trinajstić information content (AvgIpc) is 2.38. The van der Waals surface area contributed by atoms with Crippen molar-refractivity contribution in [3.05, 3.63) is 64.7 Å². The summed E-state index contributed by atoms with van der Waals surface area (Å²) in [7, 11) is 2.11. The first-order chi connectivity index (χ1) is 9.45. The van der Waals surface area contributed by atoms with Gasteiger partial charge in [-0.25, -0.2) is 0 Å². The Kier molecular flexibility index (Phi) is 4.40. The van der Waals surface area contributed by atoms with Gasteiger partial charge in [0.2, 0.25) is 0 Å². The Hall–Kier alpha value is -1.87. The summed E-state index contributed by atoms with van der Waals surface area (Å²) in [5, 5.41) is 0. The molecule has 0 atom stereocenters. The number of hydrogen-bond donors (Lipinski definition) is 1. The van der Waals surface area contributed by atoms with E-state index in [1.807, 2.05) is 12.1 Å². The molecule has 20 heavy (non-hydrogen) atoms. The van der Waals surface area contributed by atoms with Gasteiger partial charge < -0.3 is 10.6 Å². The summed E-state index contributed by atoms with van der Waals surface area (Å²) in [6, 6.07) is 14.7. The maximum atomic E-state index is 5.61. The van der Waals surface area contributed by atoms with Crippen LogP contribution in [0.5, 0.6) is 0 Å². The van der Waals surface area contributed by atoms with Crippen molar-refractivity contribution in [2.45, 2.75) is 20.4 Å². The Labute approximate surface area is 126 Å². The van der Waals surface area contributed by atoms with Gasteiger partial charge in [0, 0.05) is 24.8 Å². The molecule has 0 saturated heterocycles. The first kappa shape index (κ1) is 14.5. The molecular weight excluding hydrogens is 264 g/mol. The molecule has 0 spiro atoms. The molecule has 0 aliphatic rings. The molecule has 2 rings (SSSR count). The Morgan fingerprint density at radius 2 is 1.60 bits per heavy atom. The van der Waals surface area contributed by atoms with Crippen LogP contribution >= 0.6 is 12.2 Å². The molecule has 0 bridgehead atoms. The van der Waals surface area contributed by atoms with E-state index in [4.69, 9.17) is 18.0 Å². The predicted molar refractivity (Wildman–Crippen MR) is 90.4 cm³/mol. The second-order valence-electron chi connectivity index (χ2n) is 5.26. The van der Waals surface area contributed by atoms with Crippen LogP contribution in [0.15, 0.2) is 42.5 Å². The summed E-state index contributed by atoms with van der Waals surface area (Å²) in [4.78, 5) is 2.69. The van der Waals surface area contributed by atoms with Crippen molar-refractivity contribution in [1.82, 2.24) is 0 Å². The summed E-state index contributed by atoms with van der Waals surface area (Å²) in [6.45, 7) is 5.11. The van der Waals surface area contributed by atoms with Crippen molar-refractivity contribution in [2.24, 2.45) is 5.73 Å². The van der Waals surface area contributed by atoms with Gasteiger partial charge in [-0.05, 0) is 42.7 Å². The lowest BCUT2D eigenvalue weighted by Crippen LogP contribution is -2.17. The van der Waals surface area contributed by atoms with E-state index in [-0.39, 0.29) is 0 Å². The van der Waals surface area contributed by atoms with E-state index < -0.39 is 0 Å². The van der Waals surface area contributed by atoms with E-state index >= 15 is 0 Å². The second kappa shape index (κ2) is 6.06. The lowest BCUT2D eigenvalue weighted by atomic mass is 10.1. The maximum Gasteiger partial charge on any atom is 0.103 e. The summed E-state index contributed by atoms with van der Waals surface area (Å²) >= 11 is 4.97. The molecule has 0 saturated carbocycles. The maximum absolute atomic E-state index is 5.61. The van der Waals surface area contributed by atoms with Crippen molar-refractivity contribution >= 4 is 22.9 Å². The normalized spacial score (nSPS) is 10.3. The van der Waals surface area contributed by atoms with Crippen LogP contribution in [-0.2, 0) is 6.54 Å². The SMILES string of the molecule is Cc1cc(C)cc(N(C)Cc2ccc(C(N)=S)cc2)c1. The third-order valence-electron chi connectivity index (χ3n) is 3.31. The van der Waals surface area contributed by atoms with Gasteiger partial charge in [-0.3, -0.25) is 0 Å². The van der Waals surface area contributed by atoms with Gasteiger partial charge in [0.05, 0.1) is 0 Å². The molecule has 2 N–H and O–H groups in total. The van der Waals surface area contributed by atoms with Crippen molar-refractivity contribution in [2.75, 3.05) is 11.9 Å². The van der Waals surface area contributed by atoms with Crippen molar-refractivity contribution < 1.29 is 0 Å². The quantitative estimate of drug-likeness (QED) is 0.870. The van der Waals surface area contributed by atoms with Crippen LogP contribution in [0, 0.1) is 13.8 Å². The number of aryl methyl sites for hydroxylation is 2. The first-order valence-corrected chi connectivity index (χ1v) is 7.05. The van der Waals surface area contributed by atoms with Crippen molar-refractivity contribution in [1.29, 1.82) is 0 Å². The molecule has 0 unspecified atom stereocenters. The fourth-order valence-corrected chi connectivity index (χ4v) is 2.45. The molecule has 0 fully saturated rings. The van der Waals surface area contributed by atoms with Crippen LogP contribution in [0.2, 0.25) is 0 Å². The molecule has 0 amide bonds. The second-order valence-corrected chi connectivity index (χ2v) is 5.70. The highest BCUT2D eigenvalue weighted by molar-refractivity contribution is 7.80. The number of nitrogens with two attached hydrogens (primary N) is 1. The highest BCUT2D eigenvalue weighted by Gasteiger charge is 2.04. The average molecular weight is 284 g/mol. The molecule has 104 valence electrons. The standard InChI is InChI=1S/C17H20N2S/c1-12-8-13(2)10-16(9-12)19(3)11-14-4-6-15(7-5-14)17(18)20/h4-10H,11H2,1-3H3,(H2,18,20). The topological polar surface area (TPSA) is 29.3 Å². The van der Waals surface area contributed by atoms with E-state index in [9.17, 15) is 0 Å². The van der Waals surface area contributed by atoms with Gasteiger partial charge in [0.25, 0.3) is 0 Å². The number of anilines is 1. The van der Waals surface area contributed by atoms with Crippen LogP contribution in [0.4, 0.5) is 5.69 Å². The molecule has 3 heteroatoms. The molecule has 0 heterocycles.